The van der Waals surface area contributed by atoms with E-state index in [1.54, 1.807) is 30.5 Å². The Balaban J connectivity index is 1.83. The number of hydrogen-bond acceptors (Lipinski definition) is 4. The van der Waals surface area contributed by atoms with Crippen LogP contribution in [0.15, 0.2) is 60.3 Å². The number of carbonyl (C=O) groups is 4. The first kappa shape index (κ1) is 18.6. The second kappa shape index (κ2) is 7.03. The van der Waals surface area contributed by atoms with Gasteiger partial charge in [-0.25, -0.2) is 9.69 Å². The van der Waals surface area contributed by atoms with Crippen molar-refractivity contribution in [2.45, 2.75) is 6.92 Å². The predicted octanol–water partition coefficient (Wildman–Crippen LogP) is 3.62. The number of para-hydroxylation sites is 1. The predicted molar refractivity (Wildman–Crippen MR) is 109 cm³/mol. The maximum absolute atomic E-state index is 13.0. The van der Waals surface area contributed by atoms with Crippen LogP contribution in [0, 0.1) is 0 Å². The lowest BCUT2D eigenvalue weighted by Crippen LogP contribution is -2.54. The molecule has 0 atom stereocenters. The van der Waals surface area contributed by atoms with E-state index < -0.39 is 17.8 Å². The van der Waals surface area contributed by atoms with Gasteiger partial charge in [0.2, 0.25) is 5.91 Å². The number of fused-ring (bicyclic) bond motifs is 1. The number of aromatic nitrogens is 1. The molecule has 3 aromatic rings. The molecule has 0 aliphatic carbocycles. The van der Waals surface area contributed by atoms with Gasteiger partial charge in [-0.05, 0) is 36.4 Å². The summed E-state index contributed by atoms with van der Waals surface area (Å²) in [7, 11) is 0. The molecule has 29 heavy (non-hydrogen) atoms. The first-order chi connectivity index (χ1) is 13.9. The van der Waals surface area contributed by atoms with Gasteiger partial charge in [0, 0.05) is 29.1 Å². The fourth-order valence-corrected chi connectivity index (χ4v) is 3.35. The van der Waals surface area contributed by atoms with Crippen molar-refractivity contribution in [3.8, 4) is 0 Å². The fraction of sp³-hybridized carbons (Fsp3) is 0.0476. The Hall–Kier alpha value is -3.71. The summed E-state index contributed by atoms with van der Waals surface area (Å²) in [5.74, 6) is -1.77. The summed E-state index contributed by atoms with van der Waals surface area (Å²) >= 11 is 5.87. The van der Waals surface area contributed by atoms with Gasteiger partial charge in [0.15, 0.2) is 0 Å². The van der Waals surface area contributed by atoms with Crippen molar-refractivity contribution in [3.05, 3.63) is 70.9 Å². The smallest absolute Gasteiger partial charge is 0.287 e. The molecule has 1 aliphatic rings. The molecule has 0 bridgehead atoms. The highest BCUT2D eigenvalue weighted by atomic mass is 35.5. The molecule has 7 nitrogen and oxygen atoms in total. The number of benzene rings is 2. The van der Waals surface area contributed by atoms with Gasteiger partial charge in [-0.2, -0.15) is 0 Å². The largest absolute Gasteiger partial charge is 0.335 e. The molecule has 8 heteroatoms. The van der Waals surface area contributed by atoms with Crippen molar-refractivity contribution in [1.29, 1.82) is 0 Å². The highest BCUT2D eigenvalue weighted by Gasteiger charge is 2.37. The van der Waals surface area contributed by atoms with E-state index in [0.29, 0.717) is 21.5 Å². The maximum atomic E-state index is 13.0. The van der Waals surface area contributed by atoms with E-state index in [1.807, 2.05) is 0 Å². The van der Waals surface area contributed by atoms with Crippen LogP contribution in [-0.2, 0) is 9.59 Å². The fourth-order valence-electron chi connectivity index (χ4n) is 3.22. The van der Waals surface area contributed by atoms with Crippen molar-refractivity contribution < 1.29 is 19.2 Å². The van der Waals surface area contributed by atoms with Crippen LogP contribution in [0.5, 0.6) is 0 Å². The number of anilines is 1. The van der Waals surface area contributed by atoms with Crippen LogP contribution < -0.4 is 10.2 Å². The van der Waals surface area contributed by atoms with E-state index in [1.165, 1.54) is 41.8 Å². The molecule has 4 rings (SSSR count). The second-order valence-electron chi connectivity index (χ2n) is 6.42. The Morgan fingerprint density at radius 1 is 1.03 bits per heavy atom. The van der Waals surface area contributed by atoms with Crippen molar-refractivity contribution in [1.82, 2.24) is 9.88 Å². The number of urea groups is 1. The number of nitrogens with zero attached hydrogens (tertiary/aromatic N) is 2. The normalized spacial score (nSPS) is 15.9. The van der Waals surface area contributed by atoms with Crippen LogP contribution in [0.1, 0.15) is 17.3 Å². The Labute approximate surface area is 170 Å². The lowest BCUT2D eigenvalue weighted by Gasteiger charge is -2.26. The van der Waals surface area contributed by atoms with E-state index in [2.05, 4.69) is 5.32 Å². The number of imide groups is 2. The molecule has 0 unspecified atom stereocenters. The van der Waals surface area contributed by atoms with Gasteiger partial charge in [-0.1, -0.05) is 29.8 Å². The second-order valence-corrected chi connectivity index (χ2v) is 6.86. The van der Waals surface area contributed by atoms with Crippen LogP contribution in [0.4, 0.5) is 10.5 Å². The average Bonchev–Trinajstić information content (AvgIpc) is 3.05. The number of nitrogens with one attached hydrogen (secondary N) is 1. The molecule has 2 heterocycles. The standard InChI is InChI=1S/C21H14ClN3O4/c1-12(26)24-11-13(16-4-2-3-5-18(16)24)10-17-19(27)23-21(29)25(20(17)28)15-8-6-14(22)7-9-15/h2-11H,1H3,(H,23,27,29)/b17-10+. The van der Waals surface area contributed by atoms with Crippen molar-refractivity contribution in [2.24, 2.45) is 0 Å². The van der Waals surface area contributed by atoms with Crippen LogP contribution in [0.25, 0.3) is 17.0 Å². The molecule has 4 amide bonds. The van der Waals surface area contributed by atoms with Crippen molar-refractivity contribution in [3.63, 3.8) is 0 Å². The first-order valence-electron chi connectivity index (χ1n) is 8.65. The summed E-state index contributed by atoms with van der Waals surface area (Å²) in [6.45, 7) is 1.42. The highest BCUT2D eigenvalue weighted by Crippen LogP contribution is 2.27. The Morgan fingerprint density at radius 3 is 2.41 bits per heavy atom. The maximum Gasteiger partial charge on any atom is 0.335 e. The van der Waals surface area contributed by atoms with Gasteiger partial charge >= 0.3 is 6.03 Å². The lowest BCUT2D eigenvalue weighted by atomic mass is 10.1. The number of hydrogen-bond donors (Lipinski definition) is 1. The quantitative estimate of drug-likeness (QED) is 0.519. The topological polar surface area (TPSA) is 88.5 Å². The van der Waals surface area contributed by atoms with Crippen LogP contribution in [0.2, 0.25) is 5.02 Å². The molecule has 144 valence electrons. The Morgan fingerprint density at radius 2 is 1.72 bits per heavy atom. The summed E-state index contributed by atoms with van der Waals surface area (Å²) in [4.78, 5) is 50.4. The monoisotopic (exact) mass is 407 g/mol. The average molecular weight is 408 g/mol. The first-order valence-corrected chi connectivity index (χ1v) is 9.02. The number of rotatable bonds is 2. The minimum atomic E-state index is -0.842. The minimum absolute atomic E-state index is 0.205. The lowest BCUT2D eigenvalue weighted by molar-refractivity contribution is -0.122. The molecular formula is C21H14ClN3O4. The summed E-state index contributed by atoms with van der Waals surface area (Å²) in [5, 5.41) is 3.32. The summed E-state index contributed by atoms with van der Waals surface area (Å²) in [6, 6.07) is 12.4. The zero-order chi connectivity index (χ0) is 20.7. The molecule has 1 aromatic heterocycles. The van der Waals surface area contributed by atoms with Gasteiger partial charge in [-0.15, -0.1) is 0 Å². The molecule has 1 fully saturated rings. The molecule has 0 spiro atoms. The Kier molecular flexibility index (Phi) is 4.52. The van der Waals surface area contributed by atoms with E-state index in [4.69, 9.17) is 11.6 Å². The molecule has 1 aliphatic heterocycles. The number of halogens is 1. The molecule has 1 N–H and O–H groups in total. The van der Waals surface area contributed by atoms with Gasteiger partial charge in [-0.3, -0.25) is 24.3 Å². The van der Waals surface area contributed by atoms with Crippen molar-refractivity contribution in [2.75, 3.05) is 4.90 Å². The van der Waals surface area contributed by atoms with E-state index in [0.717, 1.165) is 4.90 Å². The van der Waals surface area contributed by atoms with Crippen molar-refractivity contribution >= 4 is 58.0 Å². The molecule has 2 aromatic carbocycles. The summed E-state index contributed by atoms with van der Waals surface area (Å²) < 4.78 is 1.44. The van der Waals surface area contributed by atoms with Gasteiger partial charge in [0.05, 0.1) is 11.2 Å². The van der Waals surface area contributed by atoms with E-state index in [-0.39, 0.29) is 17.2 Å². The summed E-state index contributed by atoms with van der Waals surface area (Å²) in [5.41, 5.74) is 1.23. The zero-order valence-corrected chi connectivity index (χ0v) is 15.9. The van der Waals surface area contributed by atoms with Gasteiger partial charge in [0.25, 0.3) is 11.8 Å². The number of carbonyl (C=O) groups excluding carboxylic acids is 4. The van der Waals surface area contributed by atoms with Crippen LogP contribution in [-0.4, -0.2) is 28.3 Å². The SMILES string of the molecule is CC(=O)n1cc(/C=C2\C(=O)NC(=O)N(c3ccc(Cl)cc3)C2=O)c2ccccc21. The third kappa shape index (κ3) is 3.21. The molecule has 0 radical (unpaired) electrons. The number of barbiturate groups is 1. The van der Waals surface area contributed by atoms with Crippen LogP contribution >= 0.6 is 11.6 Å². The molecular weight excluding hydrogens is 394 g/mol. The minimum Gasteiger partial charge on any atom is -0.287 e. The Bertz CT molecular complexity index is 1220. The molecule has 0 saturated carbocycles. The van der Waals surface area contributed by atoms with E-state index in [9.17, 15) is 19.2 Å². The third-order valence-corrected chi connectivity index (χ3v) is 4.82. The van der Waals surface area contributed by atoms with E-state index >= 15 is 0 Å². The summed E-state index contributed by atoms with van der Waals surface area (Å²) in [6.07, 6.45) is 2.94. The van der Waals surface area contributed by atoms with Gasteiger partial charge < -0.3 is 0 Å². The van der Waals surface area contributed by atoms with Crippen LogP contribution in [0.3, 0.4) is 0 Å². The number of amides is 4. The zero-order valence-electron chi connectivity index (χ0n) is 15.2. The highest BCUT2D eigenvalue weighted by molar-refractivity contribution is 6.39. The molecule has 1 saturated heterocycles. The third-order valence-electron chi connectivity index (χ3n) is 4.57. The van der Waals surface area contributed by atoms with Gasteiger partial charge in [0.1, 0.15) is 5.57 Å².